The Hall–Kier alpha value is -0.840. The zero-order valence-corrected chi connectivity index (χ0v) is 12.7. The molecule has 0 bridgehead atoms. The fraction of sp³-hybridized carbons (Fsp3) is 0.750. The zero-order valence-electron chi connectivity index (χ0n) is 12.7. The van der Waals surface area contributed by atoms with Crippen molar-refractivity contribution in [3.63, 3.8) is 0 Å². The number of hydrogen-bond donors (Lipinski definition) is 0. The molecule has 2 aliphatic rings. The first-order valence-corrected chi connectivity index (χ1v) is 7.64. The van der Waals surface area contributed by atoms with Crippen LogP contribution in [0.25, 0.3) is 0 Å². The predicted octanol–water partition coefficient (Wildman–Crippen LogP) is 2.07. The van der Waals surface area contributed by atoms with Gasteiger partial charge < -0.3 is 14.1 Å². The van der Waals surface area contributed by atoms with Crippen LogP contribution < -0.4 is 0 Å². The number of rotatable bonds is 4. The van der Waals surface area contributed by atoms with Crippen LogP contribution in [0, 0.1) is 11.3 Å². The van der Waals surface area contributed by atoms with E-state index >= 15 is 0 Å². The standard InChI is InChI=1S/C16H26N2O2/c1-17-10-14(12-19-2)16(13-17)5-7-18(8-6-16)11-15-4-3-9-20-15/h3-4,9,14H,5-8,10-13H2,1-2H3. The minimum absolute atomic E-state index is 0.477. The van der Waals surface area contributed by atoms with Crippen LogP contribution in [0.5, 0.6) is 0 Å². The van der Waals surface area contributed by atoms with Crippen LogP contribution >= 0.6 is 0 Å². The van der Waals surface area contributed by atoms with E-state index in [1.54, 1.807) is 6.26 Å². The summed E-state index contributed by atoms with van der Waals surface area (Å²) in [6, 6.07) is 4.04. The minimum Gasteiger partial charge on any atom is -0.468 e. The van der Waals surface area contributed by atoms with Crippen LogP contribution in [0.15, 0.2) is 22.8 Å². The van der Waals surface area contributed by atoms with E-state index in [0.29, 0.717) is 11.3 Å². The second kappa shape index (κ2) is 5.88. The van der Waals surface area contributed by atoms with Crippen molar-refractivity contribution >= 4 is 0 Å². The van der Waals surface area contributed by atoms with Gasteiger partial charge in [-0.2, -0.15) is 0 Å². The molecule has 3 heterocycles. The van der Waals surface area contributed by atoms with Gasteiger partial charge >= 0.3 is 0 Å². The number of methoxy groups -OCH3 is 1. The maximum absolute atomic E-state index is 5.46. The summed E-state index contributed by atoms with van der Waals surface area (Å²) in [4.78, 5) is 5.00. The highest BCUT2D eigenvalue weighted by molar-refractivity contribution is 5.01. The van der Waals surface area contributed by atoms with Gasteiger partial charge in [0.15, 0.2) is 0 Å². The third kappa shape index (κ3) is 2.78. The van der Waals surface area contributed by atoms with E-state index in [1.165, 1.54) is 39.0 Å². The minimum atomic E-state index is 0.477. The number of piperidine rings is 1. The Morgan fingerprint density at radius 2 is 2.20 bits per heavy atom. The van der Waals surface area contributed by atoms with Gasteiger partial charge in [0.25, 0.3) is 0 Å². The van der Waals surface area contributed by atoms with E-state index in [9.17, 15) is 0 Å². The van der Waals surface area contributed by atoms with Gasteiger partial charge in [-0.15, -0.1) is 0 Å². The van der Waals surface area contributed by atoms with Crippen molar-refractivity contribution < 1.29 is 9.15 Å². The summed E-state index contributed by atoms with van der Waals surface area (Å²) in [5.41, 5.74) is 0.477. The van der Waals surface area contributed by atoms with Crippen LogP contribution in [-0.4, -0.2) is 56.7 Å². The lowest BCUT2D eigenvalue weighted by Gasteiger charge is -2.42. The van der Waals surface area contributed by atoms with Crippen LogP contribution in [0.4, 0.5) is 0 Å². The summed E-state index contributed by atoms with van der Waals surface area (Å²) in [5, 5.41) is 0. The second-order valence-electron chi connectivity index (χ2n) is 6.57. The topological polar surface area (TPSA) is 28.9 Å². The van der Waals surface area contributed by atoms with E-state index in [0.717, 1.165) is 18.9 Å². The molecule has 2 saturated heterocycles. The summed E-state index contributed by atoms with van der Waals surface area (Å²) in [6.07, 6.45) is 4.33. The zero-order chi connectivity index (χ0) is 14.0. The smallest absolute Gasteiger partial charge is 0.117 e. The molecule has 1 spiro atoms. The maximum atomic E-state index is 5.46. The molecule has 2 aliphatic heterocycles. The molecule has 20 heavy (non-hydrogen) atoms. The molecule has 0 N–H and O–H groups in total. The molecule has 4 nitrogen and oxygen atoms in total. The van der Waals surface area contributed by atoms with E-state index in [-0.39, 0.29) is 0 Å². The first-order chi connectivity index (χ1) is 9.72. The highest BCUT2D eigenvalue weighted by Gasteiger charge is 2.46. The lowest BCUT2D eigenvalue weighted by molar-refractivity contribution is 0.0335. The molecule has 4 heteroatoms. The summed E-state index contributed by atoms with van der Waals surface area (Å²) in [5.74, 6) is 1.78. The van der Waals surface area contributed by atoms with Gasteiger partial charge in [-0.3, -0.25) is 4.90 Å². The molecule has 0 saturated carbocycles. The Kier molecular flexibility index (Phi) is 4.15. The molecule has 112 valence electrons. The van der Waals surface area contributed by atoms with E-state index in [2.05, 4.69) is 22.9 Å². The number of likely N-dealkylation sites (tertiary alicyclic amines) is 2. The molecule has 1 atom stereocenters. The molecule has 0 radical (unpaired) electrons. The quantitative estimate of drug-likeness (QED) is 0.843. The number of hydrogen-bond acceptors (Lipinski definition) is 4. The molecular formula is C16H26N2O2. The predicted molar refractivity (Wildman–Crippen MR) is 78.5 cm³/mol. The highest BCUT2D eigenvalue weighted by atomic mass is 16.5. The number of nitrogens with zero attached hydrogens (tertiary/aromatic N) is 2. The van der Waals surface area contributed by atoms with Gasteiger partial charge in [-0.1, -0.05) is 0 Å². The van der Waals surface area contributed by atoms with E-state index in [1.807, 2.05) is 13.2 Å². The SMILES string of the molecule is COCC1CN(C)CC12CCN(Cc1ccco1)CC2. The van der Waals surface area contributed by atoms with Crippen molar-refractivity contribution in [2.24, 2.45) is 11.3 Å². The van der Waals surface area contributed by atoms with Crippen molar-refractivity contribution in [2.75, 3.05) is 46.9 Å². The van der Waals surface area contributed by atoms with Gasteiger partial charge in [0.2, 0.25) is 0 Å². The average Bonchev–Trinajstić information content (AvgIpc) is 3.03. The van der Waals surface area contributed by atoms with Gasteiger partial charge in [0, 0.05) is 26.1 Å². The van der Waals surface area contributed by atoms with Crippen molar-refractivity contribution in [1.29, 1.82) is 0 Å². The lowest BCUT2D eigenvalue weighted by atomic mass is 9.71. The summed E-state index contributed by atoms with van der Waals surface area (Å²) in [6.45, 7) is 6.63. The molecule has 3 rings (SSSR count). The maximum Gasteiger partial charge on any atom is 0.117 e. The Morgan fingerprint density at radius 3 is 2.85 bits per heavy atom. The third-order valence-electron chi connectivity index (χ3n) is 5.16. The average molecular weight is 278 g/mol. The normalized spacial score (nSPS) is 27.4. The molecule has 1 aromatic rings. The number of ether oxygens (including phenoxy) is 1. The largest absolute Gasteiger partial charge is 0.468 e. The Balaban J connectivity index is 1.59. The summed E-state index contributed by atoms with van der Waals surface area (Å²) in [7, 11) is 4.07. The fourth-order valence-electron chi connectivity index (χ4n) is 4.08. The van der Waals surface area contributed by atoms with Crippen molar-refractivity contribution in [3.05, 3.63) is 24.2 Å². The Bertz CT molecular complexity index is 410. The van der Waals surface area contributed by atoms with Crippen molar-refractivity contribution in [1.82, 2.24) is 9.80 Å². The van der Waals surface area contributed by atoms with Crippen LogP contribution in [-0.2, 0) is 11.3 Å². The molecular weight excluding hydrogens is 252 g/mol. The van der Waals surface area contributed by atoms with E-state index < -0.39 is 0 Å². The second-order valence-corrected chi connectivity index (χ2v) is 6.57. The van der Waals surface area contributed by atoms with Crippen molar-refractivity contribution in [2.45, 2.75) is 19.4 Å². The molecule has 0 aliphatic carbocycles. The monoisotopic (exact) mass is 278 g/mol. The molecule has 0 aromatic carbocycles. The molecule has 1 aromatic heterocycles. The molecule has 2 fully saturated rings. The van der Waals surface area contributed by atoms with Gasteiger partial charge in [0.1, 0.15) is 5.76 Å². The summed E-state index contributed by atoms with van der Waals surface area (Å²) < 4.78 is 10.9. The first-order valence-electron chi connectivity index (χ1n) is 7.64. The Labute approximate surface area is 121 Å². The van der Waals surface area contributed by atoms with Gasteiger partial charge in [-0.05, 0) is 50.5 Å². The fourth-order valence-corrected chi connectivity index (χ4v) is 4.08. The van der Waals surface area contributed by atoms with Crippen LogP contribution in [0.3, 0.4) is 0 Å². The molecule has 0 amide bonds. The van der Waals surface area contributed by atoms with Gasteiger partial charge in [-0.25, -0.2) is 0 Å². The number of furan rings is 1. The summed E-state index contributed by atoms with van der Waals surface area (Å²) >= 11 is 0. The van der Waals surface area contributed by atoms with Crippen LogP contribution in [0.2, 0.25) is 0 Å². The Morgan fingerprint density at radius 1 is 1.40 bits per heavy atom. The molecule has 1 unspecified atom stereocenters. The van der Waals surface area contributed by atoms with Crippen molar-refractivity contribution in [3.8, 4) is 0 Å². The lowest BCUT2D eigenvalue weighted by Crippen LogP contribution is -2.44. The van der Waals surface area contributed by atoms with Gasteiger partial charge in [0.05, 0.1) is 19.4 Å². The third-order valence-corrected chi connectivity index (χ3v) is 5.16. The van der Waals surface area contributed by atoms with E-state index in [4.69, 9.17) is 9.15 Å². The van der Waals surface area contributed by atoms with Crippen LogP contribution in [0.1, 0.15) is 18.6 Å². The first kappa shape index (κ1) is 14.1. The highest BCUT2D eigenvalue weighted by Crippen LogP contribution is 2.44.